The van der Waals surface area contributed by atoms with Crippen LogP contribution in [0.1, 0.15) is 24.4 Å². The van der Waals surface area contributed by atoms with Crippen LogP contribution in [0.2, 0.25) is 0 Å². The van der Waals surface area contributed by atoms with Crippen molar-refractivity contribution in [2.45, 2.75) is 32.3 Å². The van der Waals surface area contributed by atoms with Crippen LogP contribution in [-0.2, 0) is 11.2 Å². The van der Waals surface area contributed by atoms with Crippen LogP contribution in [0.25, 0.3) is 0 Å². The Labute approximate surface area is 103 Å². The molecule has 0 aliphatic carbocycles. The largest absolute Gasteiger partial charge is 0.383 e. The first-order valence-corrected chi connectivity index (χ1v) is 6.15. The second kappa shape index (κ2) is 4.61. The van der Waals surface area contributed by atoms with Crippen molar-refractivity contribution in [3.63, 3.8) is 0 Å². The Balaban J connectivity index is 2.14. The summed E-state index contributed by atoms with van der Waals surface area (Å²) < 4.78 is 6.49. The van der Waals surface area contributed by atoms with E-state index in [1.54, 1.807) is 0 Å². The molecule has 0 radical (unpaired) electrons. The zero-order valence-corrected chi connectivity index (χ0v) is 10.8. The molecule has 82 valence electrons. The molecule has 2 heterocycles. The third-order valence-electron chi connectivity index (χ3n) is 2.52. The van der Waals surface area contributed by atoms with Crippen LogP contribution in [0.5, 0.6) is 0 Å². The van der Waals surface area contributed by atoms with Crippen LogP contribution in [-0.4, -0.2) is 22.7 Å². The number of halogens is 1. The molecule has 1 aliphatic heterocycles. The lowest BCUT2D eigenvalue weighted by atomic mass is 10.2. The summed E-state index contributed by atoms with van der Waals surface area (Å²) in [6.07, 6.45) is 3.31. The first kappa shape index (κ1) is 11.1. The Bertz CT molecular complexity index is 341. The Morgan fingerprint density at radius 3 is 2.93 bits per heavy atom. The molecule has 0 aromatic carbocycles. The fourth-order valence-electron chi connectivity index (χ4n) is 1.74. The molecule has 0 spiro atoms. The minimum Gasteiger partial charge on any atom is -0.383 e. The molecular formula is C10H14IN3O. The van der Waals surface area contributed by atoms with E-state index in [-0.39, 0.29) is 6.10 Å². The summed E-state index contributed by atoms with van der Waals surface area (Å²) in [5.74, 6) is 1.38. The van der Waals surface area contributed by atoms with Crippen LogP contribution in [0.4, 0.5) is 5.82 Å². The highest BCUT2D eigenvalue weighted by Crippen LogP contribution is 2.19. The summed E-state index contributed by atoms with van der Waals surface area (Å²) in [6.45, 7) is 2.82. The predicted molar refractivity (Wildman–Crippen MR) is 66.6 cm³/mol. The number of aromatic nitrogens is 2. The Hall–Kier alpha value is -0.430. The topological polar surface area (TPSA) is 61.0 Å². The first-order valence-electron chi connectivity index (χ1n) is 5.07. The summed E-state index contributed by atoms with van der Waals surface area (Å²) >= 11 is 2.17. The highest BCUT2D eigenvalue weighted by molar-refractivity contribution is 14.1. The number of hydrogen-bond acceptors (Lipinski definition) is 4. The zero-order chi connectivity index (χ0) is 10.8. The van der Waals surface area contributed by atoms with Crippen molar-refractivity contribution in [2.75, 3.05) is 12.3 Å². The van der Waals surface area contributed by atoms with E-state index in [4.69, 9.17) is 10.5 Å². The van der Waals surface area contributed by atoms with E-state index < -0.39 is 0 Å². The molecule has 0 amide bonds. The van der Waals surface area contributed by atoms with Crippen LogP contribution in [0.3, 0.4) is 0 Å². The molecule has 1 fully saturated rings. The molecule has 0 saturated carbocycles. The maximum Gasteiger partial charge on any atom is 0.140 e. The van der Waals surface area contributed by atoms with E-state index in [1.807, 2.05) is 6.92 Å². The fourth-order valence-corrected chi connectivity index (χ4v) is 1.98. The summed E-state index contributed by atoms with van der Waals surface area (Å²) in [5, 5.41) is 0. The number of hydrogen-bond donors (Lipinski definition) is 1. The minimum atomic E-state index is 0.281. The maximum absolute atomic E-state index is 5.80. The number of rotatable bonds is 2. The van der Waals surface area contributed by atoms with Crippen molar-refractivity contribution in [1.29, 1.82) is 0 Å². The summed E-state index contributed by atoms with van der Waals surface area (Å²) in [6, 6.07) is 0. The van der Waals surface area contributed by atoms with Gasteiger partial charge in [-0.3, -0.25) is 0 Å². The highest BCUT2D eigenvalue weighted by atomic mass is 127. The van der Waals surface area contributed by atoms with Gasteiger partial charge in [-0.25, -0.2) is 9.97 Å². The van der Waals surface area contributed by atoms with Crippen molar-refractivity contribution in [3.05, 3.63) is 15.1 Å². The monoisotopic (exact) mass is 319 g/mol. The van der Waals surface area contributed by atoms with E-state index in [2.05, 4.69) is 32.6 Å². The van der Waals surface area contributed by atoms with E-state index in [0.717, 1.165) is 41.0 Å². The van der Waals surface area contributed by atoms with Crippen LogP contribution < -0.4 is 5.73 Å². The van der Waals surface area contributed by atoms with Gasteiger partial charge in [0.05, 0.1) is 15.4 Å². The lowest BCUT2D eigenvalue weighted by Gasteiger charge is -2.10. The lowest BCUT2D eigenvalue weighted by Crippen LogP contribution is -2.14. The SMILES string of the molecule is Cc1nc(CC2CCCO2)nc(N)c1I. The maximum atomic E-state index is 5.80. The number of nitrogens with zero attached hydrogens (tertiary/aromatic N) is 2. The van der Waals surface area contributed by atoms with Gasteiger partial charge in [0.25, 0.3) is 0 Å². The van der Waals surface area contributed by atoms with Crippen LogP contribution in [0, 0.1) is 10.5 Å². The molecule has 4 nitrogen and oxygen atoms in total. The second-order valence-electron chi connectivity index (χ2n) is 3.76. The van der Waals surface area contributed by atoms with Crippen molar-refractivity contribution in [3.8, 4) is 0 Å². The molecule has 2 rings (SSSR count). The van der Waals surface area contributed by atoms with Crippen molar-refractivity contribution < 1.29 is 4.74 Å². The van der Waals surface area contributed by atoms with Gasteiger partial charge < -0.3 is 10.5 Å². The molecule has 1 saturated heterocycles. The van der Waals surface area contributed by atoms with Gasteiger partial charge in [0, 0.05) is 13.0 Å². The Morgan fingerprint density at radius 2 is 2.33 bits per heavy atom. The number of ether oxygens (including phenoxy) is 1. The van der Waals surface area contributed by atoms with Gasteiger partial charge in [-0.15, -0.1) is 0 Å². The van der Waals surface area contributed by atoms with Gasteiger partial charge in [0.1, 0.15) is 11.6 Å². The zero-order valence-electron chi connectivity index (χ0n) is 8.66. The molecule has 0 bridgehead atoms. The van der Waals surface area contributed by atoms with Gasteiger partial charge in [0.2, 0.25) is 0 Å². The van der Waals surface area contributed by atoms with Crippen molar-refractivity contribution in [2.24, 2.45) is 0 Å². The van der Waals surface area contributed by atoms with E-state index >= 15 is 0 Å². The average molecular weight is 319 g/mol. The van der Waals surface area contributed by atoms with Gasteiger partial charge in [0.15, 0.2) is 0 Å². The summed E-state index contributed by atoms with van der Waals surface area (Å²) in [5.41, 5.74) is 6.75. The smallest absolute Gasteiger partial charge is 0.140 e. The number of anilines is 1. The molecule has 2 N–H and O–H groups in total. The van der Waals surface area contributed by atoms with E-state index in [9.17, 15) is 0 Å². The van der Waals surface area contributed by atoms with Crippen molar-refractivity contribution >= 4 is 28.4 Å². The molecule has 1 unspecified atom stereocenters. The fraction of sp³-hybridized carbons (Fsp3) is 0.600. The highest BCUT2D eigenvalue weighted by Gasteiger charge is 2.18. The minimum absolute atomic E-state index is 0.281. The number of aryl methyl sites for hydroxylation is 1. The third kappa shape index (κ3) is 2.57. The molecule has 5 heteroatoms. The summed E-state index contributed by atoms with van der Waals surface area (Å²) in [4.78, 5) is 8.69. The van der Waals surface area contributed by atoms with Crippen LogP contribution >= 0.6 is 22.6 Å². The number of nitrogen functional groups attached to an aromatic ring is 1. The normalized spacial score (nSPS) is 20.8. The lowest BCUT2D eigenvalue weighted by molar-refractivity contribution is 0.110. The van der Waals surface area contributed by atoms with E-state index in [1.165, 1.54) is 0 Å². The predicted octanol–water partition coefficient (Wildman–Crippen LogP) is 1.69. The second-order valence-corrected chi connectivity index (χ2v) is 4.84. The van der Waals surface area contributed by atoms with Gasteiger partial charge in [-0.1, -0.05) is 0 Å². The van der Waals surface area contributed by atoms with Gasteiger partial charge in [-0.2, -0.15) is 0 Å². The summed E-state index contributed by atoms with van der Waals surface area (Å²) in [7, 11) is 0. The quantitative estimate of drug-likeness (QED) is 0.843. The molecule has 15 heavy (non-hydrogen) atoms. The first-order chi connectivity index (χ1) is 7.16. The number of nitrogens with two attached hydrogens (primary N) is 1. The van der Waals surface area contributed by atoms with Gasteiger partial charge in [-0.05, 0) is 42.4 Å². The Kier molecular flexibility index (Phi) is 3.40. The molecule has 1 aromatic heterocycles. The molecule has 1 aliphatic rings. The molecule has 1 atom stereocenters. The van der Waals surface area contributed by atoms with Gasteiger partial charge >= 0.3 is 0 Å². The average Bonchev–Trinajstić information content (AvgIpc) is 2.66. The standard InChI is InChI=1S/C10H14IN3O/c1-6-9(11)10(12)14-8(13-6)5-7-3-2-4-15-7/h7H,2-5H2,1H3,(H2,12,13,14). The van der Waals surface area contributed by atoms with Crippen molar-refractivity contribution in [1.82, 2.24) is 9.97 Å². The Morgan fingerprint density at radius 1 is 1.53 bits per heavy atom. The van der Waals surface area contributed by atoms with Crippen LogP contribution in [0.15, 0.2) is 0 Å². The van der Waals surface area contributed by atoms with E-state index in [0.29, 0.717) is 5.82 Å². The third-order valence-corrected chi connectivity index (χ3v) is 3.86. The molecular weight excluding hydrogens is 305 g/mol. The molecule has 1 aromatic rings.